The molecule has 1 N–H and O–H groups in total. The van der Waals surface area contributed by atoms with Crippen molar-refractivity contribution in [2.24, 2.45) is 5.41 Å². The second-order valence-electron chi connectivity index (χ2n) is 6.07. The van der Waals surface area contributed by atoms with Crippen LogP contribution in [0.5, 0.6) is 0 Å². The van der Waals surface area contributed by atoms with Gasteiger partial charge in [0.15, 0.2) is 5.65 Å². The highest BCUT2D eigenvalue weighted by Crippen LogP contribution is 2.44. The lowest BCUT2D eigenvalue weighted by atomic mass is 9.64. The molecule has 2 atom stereocenters. The fourth-order valence-corrected chi connectivity index (χ4v) is 2.87. The summed E-state index contributed by atoms with van der Waals surface area (Å²) < 4.78 is 7.62. The molecule has 0 aliphatic heterocycles. The van der Waals surface area contributed by atoms with E-state index in [1.165, 1.54) is 0 Å². The van der Waals surface area contributed by atoms with Crippen molar-refractivity contribution in [3.63, 3.8) is 0 Å². The number of anilines is 1. The number of nitrogens with zero attached hydrogens (tertiary/aromatic N) is 3. The summed E-state index contributed by atoms with van der Waals surface area (Å²) in [6.45, 7) is 9.31. The Bertz CT molecular complexity index is 619. The van der Waals surface area contributed by atoms with E-state index < -0.39 is 0 Å². The number of ether oxygens (including phenoxy) is 1. The quantitative estimate of drug-likeness (QED) is 0.931. The molecule has 1 saturated carbocycles. The van der Waals surface area contributed by atoms with Crippen LogP contribution in [0, 0.1) is 12.3 Å². The molecule has 1 aliphatic rings. The monoisotopic (exact) mass is 274 g/mol. The summed E-state index contributed by atoms with van der Waals surface area (Å²) in [4.78, 5) is 4.53. The zero-order valence-corrected chi connectivity index (χ0v) is 12.6. The number of pyridine rings is 1. The Balaban J connectivity index is 1.76. The van der Waals surface area contributed by atoms with Gasteiger partial charge in [-0.1, -0.05) is 19.9 Å². The van der Waals surface area contributed by atoms with Crippen LogP contribution in [0.1, 0.15) is 32.9 Å². The zero-order chi connectivity index (χ0) is 14.3. The first-order chi connectivity index (χ1) is 9.52. The topological polar surface area (TPSA) is 51.5 Å². The van der Waals surface area contributed by atoms with Gasteiger partial charge in [-0.15, -0.1) is 5.10 Å². The van der Waals surface area contributed by atoms with Crippen LogP contribution >= 0.6 is 0 Å². The fraction of sp³-hybridized carbons (Fsp3) is 0.600. The molecule has 2 aromatic heterocycles. The molecule has 1 aliphatic carbocycles. The van der Waals surface area contributed by atoms with Gasteiger partial charge in [-0.2, -0.15) is 4.98 Å². The van der Waals surface area contributed by atoms with Gasteiger partial charge in [-0.25, -0.2) is 4.52 Å². The average molecular weight is 274 g/mol. The Labute approximate surface area is 119 Å². The van der Waals surface area contributed by atoms with Gasteiger partial charge in [0, 0.05) is 23.8 Å². The SMILES string of the molecule is CCOC1CC(Nc2nc3cccc(C)n3n2)C1(C)C. The number of aryl methyl sites for hydroxylation is 1. The van der Waals surface area contributed by atoms with E-state index in [0.717, 1.165) is 24.4 Å². The molecule has 20 heavy (non-hydrogen) atoms. The van der Waals surface area contributed by atoms with Crippen molar-refractivity contribution in [3.05, 3.63) is 23.9 Å². The minimum atomic E-state index is 0.114. The van der Waals surface area contributed by atoms with Crippen molar-refractivity contribution in [1.29, 1.82) is 0 Å². The summed E-state index contributed by atoms with van der Waals surface area (Å²) in [6, 6.07) is 6.36. The van der Waals surface area contributed by atoms with Gasteiger partial charge >= 0.3 is 0 Å². The van der Waals surface area contributed by atoms with Gasteiger partial charge in [0.25, 0.3) is 0 Å². The standard InChI is InChI=1S/C15H22N4O/c1-5-20-12-9-11(15(12,3)4)16-14-17-13-8-6-7-10(2)19(13)18-14/h6-8,11-12H,5,9H2,1-4H3,(H,16,18). The van der Waals surface area contributed by atoms with Crippen molar-refractivity contribution in [2.75, 3.05) is 11.9 Å². The zero-order valence-electron chi connectivity index (χ0n) is 12.6. The predicted molar refractivity (Wildman–Crippen MR) is 78.9 cm³/mol. The smallest absolute Gasteiger partial charge is 0.243 e. The van der Waals surface area contributed by atoms with Gasteiger partial charge in [0.2, 0.25) is 5.95 Å². The van der Waals surface area contributed by atoms with Crippen LogP contribution in [0.4, 0.5) is 5.95 Å². The molecular formula is C15H22N4O. The van der Waals surface area contributed by atoms with Gasteiger partial charge in [-0.3, -0.25) is 0 Å². The third kappa shape index (κ3) is 2.06. The normalized spacial score (nSPS) is 24.6. The molecule has 2 unspecified atom stereocenters. The molecule has 0 spiro atoms. The Kier molecular flexibility index (Phi) is 3.17. The summed E-state index contributed by atoms with van der Waals surface area (Å²) in [6.07, 6.45) is 1.33. The molecule has 0 bridgehead atoms. The highest BCUT2D eigenvalue weighted by Gasteiger charge is 2.49. The first-order valence-electron chi connectivity index (χ1n) is 7.23. The van der Waals surface area contributed by atoms with Crippen molar-refractivity contribution in [1.82, 2.24) is 14.6 Å². The second-order valence-corrected chi connectivity index (χ2v) is 6.07. The molecule has 3 rings (SSSR count). The highest BCUT2D eigenvalue weighted by molar-refractivity contribution is 5.45. The maximum Gasteiger partial charge on any atom is 0.243 e. The summed E-state index contributed by atoms with van der Waals surface area (Å²) in [5.74, 6) is 0.701. The van der Waals surface area contributed by atoms with E-state index in [1.54, 1.807) is 0 Å². The molecule has 0 saturated heterocycles. The van der Waals surface area contributed by atoms with Crippen molar-refractivity contribution in [2.45, 2.75) is 46.3 Å². The Morgan fingerprint density at radius 1 is 1.45 bits per heavy atom. The van der Waals surface area contributed by atoms with Crippen molar-refractivity contribution >= 4 is 11.6 Å². The molecule has 0 amide bonds. The van der Waals surface area contributed by atoms with Crippen LogP contribution in [-0.4, -0.2) is 33.4 Å². The van der Waals surface area contributed by atoms with Gasteiger partial charge in [0.1, 0.15) is 0 Å². The van der Waals surface area contributed by atoms with E-state index in [4.69, 9.17) is 4.74 Å². The Hall–Kier alpha value is -1.62. The average Bonchev–Trinajstić information content (AvgIpc) is 2.82. The van der Waals surface area contributed by atoms with Crippen LogP contribution in [0.15, 0.2) is 18.2 Å². The molecular weight excluding hydrogens is 252 g/mol. The van der Waals surface area contributed by atoms with E-state index in [2.05, 4.69) is 29.2 Å². The lowest BCUT2D eigenvalue weighted by Gasteiger charge is -2.51. The van der Waals surface area contributed by atoms with Crippen LogP contribution < -0.4 is 5.32 Å². The number of aromatic nitrogens is 3. The second kappa shape index (κ2) is 4.74. The lowest BCUT2D eigenvalue weighted by molar-refractivity contribution is -0.0977. The molecule has 2 aromatic rings. The minimum Gasteiger partial charge on any atom is -0.378 e. The third-order valence-corrected chi connectivity index (χ3v) is 4.40. The van der Waals surface area contributed by atoms with E-state index in [1.807, 2.05) is 36.6 Å². The highest BCUT2D eigenvalue weighted by atomic mass is 16.5. The number of fused-ring (bicyclic) bond motifs is 1. The van der Waals surface area contributed by atoms with Gasteiger partial charge in [0.05, 0.1) is 6.10 Å². The van der Waals surface area contributed by atoms with E-state index in [-0.39, 0.29) is 5.41 Å². The molecule has 5 heteroatoms. The Morgan fingerprint density at radius 3 is 2.90 bits per heavy atom. The number of nitrogens with one attached hydrogen (secondary N) is 1. The van der Waals surface area contributed by atoms with E-state index >= 15 is 0 Å². The van der Waals surface area contributed by atoms with Crippen molar-refractivity contribution in [3.8, 4) is 0 Å². The molecule has 5 nitrogen and oxygen atoms in total. The molecule has 0 aromatic carbocycles. The van der Waals surface area contributed by atoms with Gasteiger partial charge in [-0.05, 0) is 32.4 Å². The number of hydrogen-bond acceptors (Lipinski definition) is 4. The van der Waals surface area contributed by atoms with E-state index in [9.17, 15) is 0 Å². The third-order valence-electron chi connectivity index (χ3n) is 4.40. The van der Waals surface area contributed by atoms with Crippen LogP contribution in [-0.2, 0) is 4.74 Å². The van der Waals surface area contributed by atoms with E-state index in [0.29, 0.717) is 18.1 Å². The first-order valence-corrected chi connectivity index (χ1v) is 7.23. The minimum absolute atomic E-state index is 0.114. The van der Waals surface area contributed by atoms with Crippen molar-refractivity contribution < 1.29 is 4.74 Å². The molecule has 2 heterocycles. The Morgan fingerprint density at radius 2 is 2.25 bits per heavy atom. The predicted octanol–water partition coefficient (Wildman–Crippen LogP) is 2.65. The molecule has 108 valence electrons. The maximum absolute atomic E-state index is 5.75. The van der Waals surface area contributed by atoms with Crippen LogP contribution in [0.2, 0.25) is 0 Å². The number of rotatable bonds is 4. The lowest BCUT2D eigenvalue weighted by Crippen LogP contribution is -2.58. The molecule has 0 radical (unpaired) electrons. The van der Waals surface area contributed by atoms with Gasteiger partial charge < -0.3 is 10.1 Å². The van der Waals surface area contributed by atoms with Crippen LogP contribution in [0.3, 0.4) is 0 Å². The first kappa shape index (κ1) is 13.4. The molecule has 1 fully saturated rings. The van der Waals surface area contributed by atoms with Crippen LogP contribution in [0.25, 0.3) is 5.65 Å². The summed E-state index contributed by atoms with van der Waals surface area (Å²) >= 11 is 0. The summed E-state index contributed by atoms with van der Waals surface area (Å²) in [5, 5.41) is 7.97. The summed E-state index contributed by atoms with van der Waals surface area (Å²) in [7, 11) is 0. The largest absolute Gasteiger partial charge is 0.378 e. The summed E-state index contributed by atoms with van der Waals surface area (Å²) in [5.41, 5.74) is 2.08. The maximum atomic E-state index is 5.75. The number of hydrogen-bond donors (Lipinski definition) is 1. The fourth-order valence-electron chi connectivity index (χ4n) is 2.87.